The van der Waals surface area contributed by atoms with E-state index < -0.39 is 0 Å². The number of aliphatic hydroxyl groups is 1. The molecule has 19 heavy (non-hydrogen) atoms. The van der Waals surface area contributed by atoms with Crippen LogP contribution in [0.4, 0.5) is 0 Å². The summed E-state index contributed by atoms with van der Waals surface area (Å²) in [7, 11) is 0. The highest BCUT2D eigenvalue weighted by molar-refractivity contribution is 5.42. The second-order valence-electron chi connectivity index (χ2n) is 4.96. The summed E-state index contributed by atoms with van der Waals surface area (Å²) in [5.74, 6) is 2.02. The lowest BCUT2D eigenvalue weighted by atomic mass is 10.0. The Labute approximate surface area is 111 Å². The average Bonchev–Trinajstić information content (AvgIpc) is 3.11. The van der Waals surface area contributed by atoms with Crippen molar-refractivity contribution in [2.24, 2.45) is 5.92 Å². The summed E-state index contributed by atoms with van der Waals surface area (Å²) in [5.41, 5.74) is 0. The largest absolute Gasteiger partial charge is 0.459 e. The van der Waals surface area contributed by atoms with E-state index in [0.29, 0.717) is 30.0 Å². The second kappa shape index (κ2) is 5.14. The summed E-state index contributed by atoms with van der Waals surface area (Å²) in [6.45, 7) is 3.84. The first kappa shape index (κ1) is 12.4. The van der Waals surface area contributed by atoms with Crippen molar-refractivity contribution in [1.82, 2.24) is 15.1 Å². The molecular formula is C13H17N3O3. The molecule has 2 unspecified atom stereocenters. The van der Waals surface area contributed by atoms with Crippen LogP contribution in [0.5, 0.6) is 0 Å². The van der Waals surface area contributed by atoms with Crippen molar-refractivity contribution < 1.29 is 13.9 Å². The predicted octanol–water partition coefficient (Wildman–Crippen LogP) is 1.53. The van der Waals surface area contributed by atoms with Gasteiger partial charge in [0.05, 0.1) is 19.4 Å². The van der Waals surface area contributed by atoms with Crippen LogP contribution in [0.15, 0.2) is 27.2 Å². The fraction of sp³-hybridized carbons (Fsp3) is 0.538. The van der Waals surface area contributed by atoms with Crippen LogP contribution in [-0.4, -0.2) is 39.4 Å². The molecule has 0 aliphatic carbocycles. The summed E-state index contributed by atoms with van der Waals surface area (Å²) >= 11 is 0. The van der Waals surface area contributed by atoms with Crippen molar-refractivity contribution in [2.45, 2.75) is 25.9 Å². The number of hydrogen-bond donors (Lipinski definition) is 1. The number of nitrogens with zero attached hydrogens (tertiary/aromatic N) is 3. The van der Waals surface area contributed by atoms with Gasteiger partial charge in [0.15, 0.2) is 5.76 Å². The van der Waals surface area contributed by atoms with E-state index in [4.69, 9.17) is 8.83 Å². The smallest absolute Gasteiger partial charge is 0.283 e. The summed E-state index contributed by atoms with van der Waals surface area (Å²) in [6, 6.07) is 3.74. The lowest BCUT2D eigenvalue weighted by Crippen LogP contribution is -2.34. The van der Waals surface area contributed by atoms with Crippen molar-refractivity contribution in [3.63, 3.8) is 0 Å². The first-order valence-electron chi connectivity index (χ1n) is 6.49. The molecular weight excluding hydrogens is 246 g/mol. The molecule has 2 aromatic heterocycles. The molecule has 6 nitrogen and oxygen atoms in total. The number of aliphatic hydroxyl groups excluding tert-OH is 1. The fourth-order valence-electron chi connectivity index (χ4n) is 2.57. The van der Waals surface area contributed by atoms with Crippen LogP contribution in [0.1, 0.15) is 19.2 Å². The summed E-state index contributed by atoms with van der Waals surface area (Å²) in [4.78, 5) is 2.18. The minimum absolute atomic E-state index is 0.167. The van der Waals surface area contributed by atoms with Gasteiger partial charge in [0.1, 0.15) is 0 Å². The molecule has 1 fully saturated rings. The van der Waals surface area contributed by atoms with Crippen molar-refractivity contribution >= 4 is 0 Å². The molecule has 2 aromatic rings. The van der Waals surface area contributed by atoms with Crippen molar-refractivity contribution in [3.05, 3.63) is 24.3 Å². The fourth-order valence-corrected chi connectivity index (χ4v) is 2.57. The van der Waals surface area contributed by atoms with E-state index in [1.165, 1.54) is 0 Å². The quantitative estimate of drug-likeness (QED) is 0.901. The number of rotatable bonds is 4. The second-order valence-corrected chi connectivity index (χ2v) is 4.96. The summed E-state index contributed by atoms with van der Waals surface area (Å²) < 4.78 is 10.8. The van der Waals surface area contributed by atoms with E-state index in [1.807, 2.05) is 0 Å². The molecule has 1 aliphatic heterocycles. The third kappa shape index (κ3) is 2.41. The van der Waals surface area contributed by atoms with Gasteiger partial charge >= 0.3 is 0 Å². The van der Waals surface area contributed by atoms with E-state index in [1.54, 1.807) is 18.4 Å². The molecule has 3 heterocycles. The number of likely N-dealkylation sites (tertiary alicyclic amines) is 1. The molecule has 1 aliphatic rings. The Balaban J connectivity index is 1.71. The molecule has 102 valence electrons. The van der Waals surface area contributed by atoms with Crippen LogP contribution >= 0.6 is 0 Å². The predicted molar refractivity (Wildman–Crippen MR) is 67.1 cm³/mol. The third-order valence-electron chi connectivity index (χ3n) is 3.72. The van der Waals surface area contributed by atoms with Crippen LogP contribution in [0.2, 0.25) is 0 Å². The molecule has 0 aromatic carbocycles. The van der Waals surface area contributed by atoms with Gasteiger partial charge in [-0.2, -0.15) is 0 Å². The van der Waals surface area contributed by atoms with E-state index in [2.05, 4.69) is 22.0 Å². The maximum absolute atomic E-state index is 9.42. The Bertz CT molecular complexity index is 523. The van der Waals surface area contributed by atoms with E-state index >= 15 is 0 Å². The van der Waals surface area contributed by atoms with Crippen molar-refractivity contribution in [3.8, 4) is 11.7 Å². The van der Waals surface area contributed by atoms with Crippen LogP contribution in [0, 0.1) is 5.92 Å². The number of aromatic nitrogens is 2. The van der Waals surface area contributed by atoms with Crippen LogP contribution in [0.3, 0.4) is 0 Å². The highest BCUT2D eigenvalue weighted by atomic mass is 16.4. The molecule has 6 heteroatoms. The minimum atomic E-state index is 0.167. The number of hydrogen-bond acceptors (Lipinski definition) is 6. The zero-order valence-electron chi connectivity index (χ0n) is 10.8. The van der Waals surface area contributed by atoms with Gasteiger partial charge in [-0.3, -0.25) is 4.90 Å². The van der Waals surface area contributed by atoms with Crippen molar-refractivity contribution in [1.29, 1.82) is 0 Å². The summed E-state index contributed by atoms with van der Waals surface area (Å²) in [5, 5.41) is 17.4. The maximum Gasteiger partial charge on any atom is 0.283 e. The first-order valence-corrected chi connectivity index (χ1v) is 6.49. The first-order chi connectivity index (χ1) is 9.28. The van der Waals surface area contributed by atoms with E-state index in [-0.39, 0.29) is 12.6 Å². The van der Waals surface area contributed by atoms with Gasteiger partial charge in [0, 0.05) is 6.04 Å². The summed E-state index contributed by atoms with van der Waals surface area (Å²) in [6.07, 6.45) is 2.66. The third-order valence-corrected chi connectivity index (χ3v) is 3.72. The van der Waals surface area contributed by atoms with Gasteiger partial charge in [-0.25, -0.2) is 0 Å². The van der Waals surface area contributed by atoms with Crippen LogP contribution in [0.25, 0.3) is 11.7 Å². The van der Waals surface area contributed by atoms with E-state index in [0.717, 1.165) is 13.0 Å². The Kier molecular flexibility index (Phi) is 3.35. The van der Waals surface area contributed by atoms with Gasteiger partial charge in [-0.05, 0) is 31.0 Å². The van der Waals surface area contributed by atoms with Gasteiger partial charge in [0.25, 0.3) is 5.89 Å². The zero-order chi connectivity index (χ0) is 13.2. The van der Waals surface area contributed by atoms with Crippen LogP contribution in [-0.2, 0) is 6.54 Å². The van der Waals surface area contributed by atoms with E-state index in [9.17, 15) is 5.11 Å². The Morgan fingerprint density at radius 1 is 1.47 bits per heavy atom. The van der Waals surface area contributed by atoms with Crippen LogP contribution < -0.4 is 0 Å². The lowest BCUT2D eigenvalue weighted by Gasteiger charge is -2.23. The van der Waals surface area contributed by atoms with Gasteiger partial charge in [-0.15, -0.1) is 10.2 Å². The molecule has 0 spiro atoms. The molecule has 3 rings (SSSR count). The molecule has 0 bridgehead atoms. The highest BCUT2D eigenvalue weighted by Crippen LogP contribution is 2.26. The van der Waals surface area contributed by atoms with Crippen molar-refractivity contribution in [2.75, 3.05) is 13.2 Å². The number of furan rings is 1. The lowest BCUT2D eigenvalue weighted by molar-refractivity contribution is 0.126. The standard InChI is InChI=1S/C13H17N3O3/c1-9-4-5-16(10(9)8-17)7-12-14-15-13(19-12)11-3-2-6-18-11/h2-3,6,9-10,17H,4-5,7-8H2,1H3. The Morgan fingerprint density at radius 3 is 3.11 bits per heavy atom. The highest BCUT2D eigenvalue weighted by Gasteiger charge is 2.31. The molecule has 1 N–H and O–H groups in total. The zero-order valence-corrected chi connectivity index (χ0v) is 10.8. The van der Waals surface area contributed by atoms with Gasteiger partial charge < -0.3 is 13.9 Å². The minimum Gasteiger partial charge on any atom is -0.459 e. The normalized spacial score (nSPS) is 24.1. The molecule has 2 atom stereocenters. The average molecular weight is 263 g/mol. The molecule has 0 saturated carbocycles. The molecule has 0 amide bonds. The molecule has 0 radical (unpaired) electrons. The topological polar surface area (TPSA) is 75.5 Å². The Hall–Kier alpha value is -1.66. The Morgan fingerprint density at radius 2 is 2.37 bits per heavy atom. The SMILES string of the molecule is CC1CCN(Cc2nnc(-c3ccco3)o2)C1CO. The monoisotopic (exact) mass is 263 g/mol. The van der Waals surface area contributed by atoms with Gasteiger partial charge in [0.2, 0.25) is 5.89 Å². The molecule has 1 saturated heterocycles. The van der Waals surface area contributed by atoms with Gasteiger partial charge in [-0.1, -0.05) is 6.92 Å². The maximum atomic E-state index is 9.42.